The fourth-order valence-corrected chi connectivity index (χ4v) is 1.64. The van der Waals surface area contributed by atoms with Crippen LogP contribution in [0.15, 0.2) is 35.2 Å². The molecule has 6 heteroatoms. The second-order valence-electron chi connectivity index (χ2n) is 4.10. The molecule has 0 bridgehead atoms. The number of rotatable bonds is 6. The Morgan fingerprint density at radius 3 is 2.94 bits per heavy atom. The minimum atomic E-state index is 0.275. The fraction of sp³-hybridized carbons (Fsp3) is 0.333. The number of aromatic nitrogens is 2. The van der Waals surface area contributed by atoms with Crippen LogP contribution in [-0.4, -0.2) is 16.0 Å². The molecule has 96 valence electrons. The topological polar surface area (TPSA) is 89.0 Å². The predicted molar refractivity (Wildman–Crippen MR) is 70.0 cm³/mol. The SMILES string of the molecule is CC(CCc1ccco1)Nc1cncc(NN)n1. The van der Waals surface area contributed by atoms with Crippen molar-refractivity contribution in [3.63, 3.8) is 0 Å². The van der Waals surface area contributed by atoms with Crippen LogP contribution in [0.1, 0.15) is 19.1 Å². The zero-order valence-corrected chi connectivity index (χ0v) is 10.3. The summed E-state index contributed by atoms with van der Waals surface area (Å²) in [4.78, 5) is 8.28. The highest BCUT2D eigenvalue weighted by atomic mass is 16.3. The highest BCUT2D eigenvalue weighted by Crippen LogP contribution is 2.11. The molecule has 0 aliphatic rings. The first kappa shape index (κ1) is 12.4. The second-order valence-corrected chi connectivity index (χ2v) is 4.10. The highest BCUT2D eigenvalue weighted by molar-refractivity contribution is 5.41. The summed E-state index contributed by atoms with van der Waals surface area (Å²) in [6.45, 7) is 2.09. The zero-order valence-electron chi connectivity index (χ0n) is 10.3. The van der Waals surface area contributed by atoms with Crippen LogP contribution in [0.3, 0.4) is 0 Å². The Balaban J connectivity index is 1.84. The van der Waals surface area contributed by atoms with Crippen molar-refractivity contribution in [3.8, 4) is 0 Å². The van der Waals surface area contributed by atoms with E-state index in [1.165, 1.54) is 0 Å². The molecule has 0 saturated heterocycles. The quantitative estimate of drug-likeness (QED) is 0.532. The van der Waals surface area contributed by atoms with Gasteiger partial charge >= 0.3 is 0 Å². The molecule has 0 aliphatic heterocycles. The molecule has 2 rings (SSSR count). The van der Waals surface area contributed by atoms with Gasteiger partial charge in [-0.1, -0.05) is 0 Å². The summed E-state index contributed by atoms with van der Waals surface area (Å²) in [5.74, 6) is 7.52. The van der Waals surface area contributed by atoms with Gasteiger partial charge in [0, 0.05) is 12.5 Å². The van der Waals surface area contributed by atoms with Crippen molar-refractivity contribution in [2.45, 2.75) is 25.8 Å². The molecule has 0 amide bonds. The molecule has 0 fully saturated rings. The Labute approximate surface area is 106 Å². The third-order valence-electron chi connectivity index (χ3n) is 2.58. The Hall–Kier alpha value is -2.08. The molecule has 4 N–H and O–H groups in total. The van der Waals surface area contributed by atoms with Crippen LogP contribution >= 0.6 is 0 Å². The van der Waals surface area contributed by atoms with Gasteiger partial charge in [0.2, 0.25) is 0 Å². The van der Waals surface area contributed by atoms with E-state index >= 15 is 0 Å². The zero-order chi connectivity index (χ0) is 12.8. The van der Waals surface area contributed by atoms with Crippen molar-refractivity contribution < 1.29 is 4.42 Å². The van der Waals surface area contributed by atoms with Gasteiger partial charge < -0.3 is 15.2 Å². The van der Waals surface area contributed by atoms with Gasteiger partial charge in [-0.3, -0.25) is 4.98 Å². The number of hydrazine groups is 1. The lowest BCUT2D eigenvalue weighted by Gasteiger charge is -2.13. The first-order valence-electron chi connectivity index (χ1n) is 5.85. The van der Waals surface area contributed by atoms with Crippen LogP contribution in [0.2, 0.25) is 0 Å². The van der Waals surface area contributed by atoms with Crippen LogP contribution in [-0.2, 0) is 6.42 Å². The van der Waals surface area contributed by atoms with Gasteiger partial charge in [0.15, 0.2) is 5.82 Å². The largest absolute Gasteiger partial charge is 0.469 e. The number of hydrogen-bond donors (Lipinski definition) is 3. The molecule has 0 aromatic carbocycles. The lowest BCUT2D eigenvalue weighted by atomic mass is 10.1. The lowest BCUT2D eigenvalue weighted by Crippen LogP contribution is -2.18. The van der Waals surface area contributed by atoms with Crippen molar-refractivity contribution in [1.29, 1.82) is 0 Å². The number of nitrogens with zero attached hydrogens (tertiary/aromatic N) is 2. The minimum absolute atomic E-state index is 0.275. The molecule has 2 heterocycles. The average molecular weight is 247 g/mol. The molecule has 0 radical (unpaired) electrons. The highest BCUT2D eigenvalue weighted by Gasteiger charge is 2.05. The molecular weight excluding hydrogens is 230 g/mol. The number of furan rings is 1. The van der Waals surface area contributed by atoms with E-state index in [0.29, 0.717) is 11.6 Å². The second kappa shape index (κ2) is 6.02. The van der Waals surface area contributed by atoms with E-state index in [0.717, 1.165) is 18.6 Å². The van der Waals surface area contributed by atoms with E-state index in [1.54, 1.807) is 18.7 Å². The van der Waals surface area contributed by atoms with Crippen LogP contribution in [0, 0.1) is 0 Å². The molecule has 0 spiro atoms. The molecule has 2 aromatic rings. The van der Waals surface area contributed by atoms with Gasteiger partial charge in [0.25, 0.3) is 0 Å². The summed E-state index contributed by atoms with van der Waals surface area (Å²) in [6, 6.07) is 4.15. The Bertz CT molecular complexity index is 471. The van der Waals surface area contributed by atoms with Crippen LogP contribution < -0.4 is 16.6 Å². The Kier molecular flexibility index (Phi) is 4.14. The normalized spacial score (nSPS) is 12.1. The summed E-state index contributed by atoms with van der Waals surface area (Å²) in [6.07, 6.45) is 6.77. The summed E-state index contributed by atoms with van der Waals surface area (Å²) < 4.78 is 5.29. The predicted octanol–water partition coefficient (Wildman–Crippen LogP) is 1.79. The van der Waals surface area contributed by atoms with E-state index in [2.05, 4.69) is 27.6 Å². The smallest absolute Gasteiger partial charge is 0.160 e. The first-order valence-corrected chi connectivity index (χ1v) is 5.85. The van der Waals surface area contributed by atoms with Crippen molar-refractivity contribution >= 4 is 11.6 Å². The van der Waals surface area contributed by atoms with E-state index in [1.807, 2.05) is 12.1 Å². The summed E-state index contributed by atoms with van der Waals surface area (Å²) in [7, 11) is 0. The van der Waals surface area contributed by atoms with Crippen molar-refractivity contribution in [2.75, 3.05) is 10.7 Å². The van der Waals surface area contributed by atoms with Gasteiger partial charge in [-0.25, -0.2) is 10.8 Å². The minimum Gasteiger partial charge on any atom is -0.469 e. The number of anilines is 2. The maximum absolute atomic E-state index is 5.29. The number of nitrogen functional groups attached to an aromatic ring is 1. The number of aryl methyl sites for hydroxylation is 1. The van der Waals surface area contributed by atoms with Gasteiger partial charge in [0.1, 0.15) is 11.6 Å². The average Bonchev–Trinajstić information content (AvgIpc) is 2.90. The van der Waals surface area contributed by atoms with Crippen molar-refractivity contribution in [2.24, 2.45) is 5.84 Å². The Morgan fingerprint density at radius 2 is 2.22 bits per heavy atom. The molecule has 0 aliphatic carbocycles. The van der Waals surface area contributed by atoms with Gasteiger partial charge in [0.05, 0.1) is 18.7 Å². The number of nitrogens with one attached hydrogen (secondary N) is 2. The molecule has 2 aromatic heterocycles. The van der Waals surface area contributed by atoms with E-state index in [-0.39, 0.29) is 6.04 Å². The van der Waals surface area contributed by atoms with Crippen molar-refractivity contribution in [1.82, 2.24) is 9.97 Å². The lowest BCUT2D eigenvalue weighted by molar-refractivity contribution is 0.495. The third kappa shape index (κ3) is 3.46. The number of hydrogen-bond acceptors (Lipinski definition) is 6. The van der Waals surface area contributed by atoms with E-state index in [9.17, 15) is 0 Å². The third-order valence-corrected chi connectivity index (χ3v) is 2.58. The van der Waals surface area contributed by atoms with Crippen LogP contribution in [0.25, 0.3) is 0 Å². The van der Waals surface area contributed by atoms with Gasteiger partial charge in [-0.15, -0.1) is 0 Å². The standard InChI is InChI=1S/C12H17N5O/c1-9(4-5-10-3-2-6-18-10)15-11-7-14-8-12(16-11)17-13/h2-3,6-9H,4-5,13H2,1H3,(H2,15,16,17). The summed E-state index contributed by atoms with van der Waals surface area (Å²) in [5, 5.41) is 3.27. The molecular formula is C12H17N5O. The number of nitrogens with two attached hydrogens (primary N) is 1. The fourth-order valence-electron chi connectivity index (χ4n) is 1.64. The van der Waals surface area contributed by atoms with E-state index in [4.69, 9.17) is 10.3 Å². The summed E-state index contributed by atoms with van der Waals surface area (Å²) >= 11 is 0. The maximum atomic E-state index is 5.29. The molecule has 6 nitrogen and oxygen atoms in total. The molecule has 1 unspecified atom stereocenters. The molecule has 1 atom stereocenters. The maximum Gasteiger partial charge on any atom is 0.160 e. The van der Waals surface area contributed by atoms with Crippen LogP contribution in [0.5, 0.6) is 0 Å². The Morgan fingerprint density at radius 1 is 1.39 bits per heavy atom. The first-order chi connectivity index (χ1) is 8.78. The van der Waals surface area contributed by atoms with E-state index < -0.39 is 0 Å². The van der Waals surface area contributed by atoms with Gasteiger partial charge in [-0.2, -0.15) is 0 Å². The molecule has 18 heavy (non-hydrogen) atoms. The van der Waals surface area contributed by atoms with Crippen LogP contribution in [0.4, 0.5) is 11.6 Å². The summed E-state index contributed by atoms with van der Waals surface area (Å²) in [5.41, 5.74) is 2.47. The monoisotopic (exact) mass is 247 g/mol. The van der Waals surface area contributed by atoms with Gasteiger partial charge in [-0.05, 0) is 25.5 Å². The molecule has 0 saturated carbocycles. The van der Waals surface area contributed by atoms with Crippen molar-refractivity contribution in [3.05, 3.63) is 36.5 Å².